The van der Waals surface area contributed by atoms with E-state index >= 15 is 0 Å². The number of aromatic amines is 1. The Morgan fingerprint density at radius 2 is 1.95 bits per heavy atom. The van der Waals surface area contributed by atoms with Crippen LogP contribution in [0.15, 0.2) is 63.9 Å². The van der Waals surface area contributed by atoms with Gasteiger partial charge in [-0.1, -0.05) is 18.2 Å². The van der Waals surface area contributed by atoms with Gasteiger partial charge in [-0.15, -0.1) is 0 Å². The van der Waals surface area contributed by atoms with E-state index < -0.39 is 0 Å². The molecular weight excluding hydrogens is 586 g/mol. The summed E-state index contributed by atoms with van der Waals surface area (Å²) in [6, 6.07) is 16.6. The number of para-hydroxylation sites is 1. The third-order valence-electron chi connectivity index (χ3n) is 9.79. The number of carbonyl (C=O) groups excluding carboxylic acids is 1. The molecule has 1 fully saturated rings. The Morgan fingerprint density at radius 3 is 2.80 bits per heavy atom. The number of H-pyrrole nitrogens is 1. The molecule has 0 saturated carbocycles. The first-order valence-corrected chi connectivity index (χ1v) is 15.0. The van der Waals surface area contributed by atoms with E-state index in [0.29, 0.717) is 32.6 Å². The van der Waals surface area contributed by atoms with Crippen LogP contribution in [-0.2, 0) is 30.7 Å². The number of rotatable bonds is 2. The fourth-order valence-corrected chi connectivity index (χ4v) is 8.53. The number of benzene rings is 2. The first-order chi connectivity index (χ1) is 19.9. The average Bonchev–Trinajstić information content (AvgIpc) is 3.36. The molecule has 6 heterocycles. The van der Waals surface area contributed by atoms with Crippen molar-refractivity contribution in [2.45, 2.75) is 44.3 Å². The summed E-state index contributed by atoms with van der Waals surface area (Å²) in [4.78, 5) is 46.5. The van der Waals surface area contributed by atoms with Crippen molar-refractivity contribution in [3.05, 3.63) is 102 Å². The summed E-state index contributed by atoms with van der Waals surface area (Å²) in [6.45, 7) is 2.42. The fourth-order valence-electron chi connectivity index (χ4n) is 8.06. The summed E-state index contributed by atoms with van der Waals surface area (Å²) in [7, 11) is 0. The third-order valence-corrected chi connectivity index (χ3v) is 10.5. The van der Waals surface area contributed by atoms with Gasteiger partial charge >= 0.3 is 0 Å². The summed E-state index contributed by atoms with van der Waals surface area (Å²) in [5.74, 6) is 0.0350. The minimum atomic E-state index is -0.363. The highest BCUT2D eigenvalue weighted by molar-refractivity contribution is 9.10. The summed E-state index contributed by atoms with van der Waals surface area (Å²) < 4.78 is 2.91. The Labute approximate surface area is 244 Å². The van der Waals surface area contributed by atoms with Crippen LogP contribution in [0.3, 0.4) is 0 Å². The van der Waals surface area contributed by atoms with E-state index in [4.69, 9.17) is 0 Å². The van der Waals surface area contributed by atoms with Gasteiger partial charge in [0.05, 0.1) is 16.4 Å². The number of nitro groups is 1. The highest BCUT2D eigenvalue weighted by Crippen LogP contribution is 2.48. The minimum absolute atomic E-state index is 0.00872. The Balaban J connectivity index is 1.20. The lowest BCUT2D eigenvalue weighted by Gasteiger charge is -2.54. The maximum atomic E-state index is 14.5. The normalized spacial score (nSPS) is 24.3. The molecule has 10 heteroatoms. The molecule has 1 amide bonds. The monoisotopic (exact) mass is 613 g/mol. The summed E-state index contributed by atoms with van der Waals surface area (Å²) in [5.41, 5.74) is 6.32. The first kappa shape index (κ1) is 24.8. The molecule has 4 aliphatic rings. The first-order valence-electron chi connectivity index (χ1n) is 14.2. The molecule has 4 atom stereocenters. The van der Waals surface area contributed by atoms with Crippen LogP contribution < -0.4 is 10.5 Å². The van der Waals surface area contributed by atoms with Crippen molar-refractivity contribution in [3.8, 4) is 0 Å². The van der Waals surface area contributed by atoms with Gasteiger partial charge in [0, 0.05) is 95.3 Å². The molecule has 2 aromatic heterocycles. The number of carbonyl (C=O) groups is 1. The second-order valence-electron chi connectivity index (χ2n) is 11.9. The Bertz CT molecular complexity index is 1830. The highest BCUT2D eigenvalue weighted by Gasteiger charge is 2.50. The molecule has 0 spiro atoms. The number of fused-ring (bicyclic) bond motifs is 11. The van der Waals surface area contributed by atoms with Crippen molar-refractivity contribution >= 4 is 44.1 Å². The van der Waals surface area contributed by atoms with Crippen molar-refractivity contribution in [1.82, 2.24) is 14.5 Å². The third kappa shape index (κ3) is 3.72. The van der Waals surface area contributed by atoms with Crippen LogP contribution >= 0.6 is 15.9 Å². The molecule has 4 aromatic rings. The molecule has 1 N–H and O–H groups in total. The smallest absolute Gasteiger partial charge is 0.269 e. The SMILES string of the molecule is O=C([C@@H]1Cc2cc([N+](=O)[O-])ccc2N2C[C@@H]3C[C@@H](Cn4c3cccc4=O)[C@@H]12)N1CCc2[nH]c3c(Br)cccc3c2C1. The number of hydrogen-bond donors (Lipinski definition) is 1. The zero-order chi connectivity index (χ0) is 28.0. The van der Waals surface area contributed by atoms with Crippen molar-refractivity contribution in [2.75, 3.05) is 18.0 Å². The molecule has 208 valence electrons. The predicted molar refractivity (Wildman–Crippen MR) is 158 cm³/mol. The fraction of sp³-hybridized carbons (Fsp3) is 0.355. The molecule has 0 unspecified atom stereocenters. The predicted octanol–water partition coefficient (Wildman–Crippen LogP) is 4.75. The van der Waals surface area contributed by atoms with Crippen LogP contribution in [0.4, 0.5) is 11.4 Å². The number of pyridine rings is 1. The molecule has 41 heavy (non-hydrogen) atoms. The maximum Gasteiger partial charge on any atom is 0.269 e. The van der Waals surface area contributed by atoms with Crippen molar-refractivity contribution in [2.24, 2.45) is 11.8 Å². The lowest BCUT2D eigenvalue weighted by atomic mass is 9.69. The number of nitrogens with zero attached hydrogens (tertiary/aromatic N) is 4. The van der Waals surface area contributed by atoms with Gasteiger partial charge < -0.3 is 19.4 Å². The summed E-state index contributed by atoms with van der Waals surface area (Å²) in [6.07, 6.45) is 2.13. The van der Waals surface area contributed by atoms with Crippen LogP contribution in [0.5, 0.6) is 0 Å². The van der Waals surface area contributed by atoms with E-state index in [2.05, 4.69) is 31.9 Å². The number of nitro benzene ring substituents is 1. The Hall–Kier alpha value is -3.92. The Morgan fingerprint density at radius 1 is 1.10 bits per heavy atom. The van der Waals surface area contributed by atoms with E-state index in [1.165, 1.54) is 5.69 Å². The van der Waals surface area contributed by atoms with Crippen molar-refractivity contribution in [3.63, 3.8) is 0 Å². The number of aromatic nitrogens is 2. The lowest BCUT2D eigenvalue weighted by molar-refractivity contribution is -0.384. The van der Waals surface area contributed by atoms with E-state index in [-0.39, 0.29) is 45.9 Å². The molecule has 1 saturated heterocycles. The van der Waals surface area contributed by atoms with Gasteiger partial charge in [-0.05, 0) is 58.5 Å². The quantitative estimate of drug-likeness (QED) is 0.259. The van der Waals surface area contributed by atoms with Gasteiger partial charge in [0.1, 0.15) is 0 Å². The standard InChI is InChI=1S/C31H28BrN5O4/c32-24-4-1-3-21-23-16-34(10-9-25(23)33-29(21)24)31(39)22-13-17-12-20(37(40)41)7-8-27(17)36-14-18-11-19(30(22)36)15-35-26(18)5-2-6-28(35)38/h1-8,12,18-19,22,30,33H,9-11,13-16H2/t18-,19-,22+,30-/m0/s1. The van der Waals surface area contributed by atoms with Gasteiger partial charge in [-0.3, -0.25) is 19.7 Å². The van der Waals surface area contributed by atoms with E-state index in [9.17, 15) is 19.7 Å². The molecule has 2 bridgehead atoms. The molecule has 9 nitrogen and oxygen atoms in total. The number of nitrogens with one attached hydrogen (secondary N) is 1. The van der Waals surface area contributed by atoms with Crippen LogP contribution in [0, 0.1) is 22.0 Å². The van der Waals surface area contributed by atoms with Gasteiger partial charge in [0.25, 0.3) is 11.2 Å². The van der Waals surface area contributed by atoms with Crippen LogP contribution in [-0.4, -0.2) is 44.4 Å². The minimum Gasteiger partial charge on any atom is -0.366 e. The van der Waals surface area contributed by atoms with Crippen LogP contribution in [0.2, 0.25) is 0 Å². The maximum absolute atomic E-state index is 14.5. The molecule has 2 aromatic carbocycles. The second-order valence-corrected chi connectivity index (χ2v) is 12.7. The van der Waals surface area contributed by atoms with Crippen LogP contribution in [0.25, 0.3) is 10.9 Å². The van der Waals surface area contributed by atoms with Crippen LogP contribution in [0.1, 0.15) is 34.9 Å². The number of non-ortho nitro benzene ring substituents is 1. The number of halogens is 1. The molecule has 4 aliphatic heterocycles. The average molecular weight is 615 g/mol. The molecule has 0 radical (unpaired) electrons. The number of anilines is 1. The van der Waals surface area contributed by atoms with E-state index in [1.807, 2.05) is 39.8 Å². The summed E-state index contributed by atoms with van der Waals surface area (Å²) in [5, 5.41) is 12.8. The second kappa shape index (κ2) is 9.04. The highest BCUT2D eigenvalue weighted by atomic mass is 79.9. The van der Waals surface area contributed by atoms with Gasteiger partial charge in [-0.25, -0.2) is 0 Å². The van der Waals surface area contributed by atoms with Gasteiger partial charge in [0.15, 0.2) is 0 Å². The topological polar surface area (TPSA) is 104 Å². The number of piperidine rings is 1. The lowest BCUT2D eigenvalue weighted by Crippen LogP contribution is -2.61. The summed E-state index contributed by atoms with van der Waals surface area (Å²) >= 11 is 3.65. The largest absolute Gasteiger partial charge is 0.366 e. The van der Waals surface area contributed by atoms with Gasteiger partial charge in [-0.2, -0.15) is 0 Å². The molecule has 0 aliphatic carbocycles. The van der Waals surface area contributed by atoms with E-state index in [0.717, 1.165) is 50.7 Å². The van der Waals surface area contributed by atoms with E-state index in [1.54, 1.807) is 18.2 Å². The zero-order valence-electron chi connectivity index (χ0n) is 22.3. The van der Waals surface area contributed by atoms with Crippen molar-refractivity contribution < 1.29 is 9.72 Å². The number of amides is 1. The number of hydrogen-bond acceptors (Lipinski definition) is 5. The molecule has 8 rings (SSSR count). The van der Waals surface area contributed by atoms with Crippen molar-refractivity contribution in [1.29, 1.82) is 0 Å². The zero-order valence-corrected chi connectivity index (χ0v) is 23.8. The van der Waals surface area contributed by atoms with Gasteiger partial charge in [0.2, 0.25) is 5.91 Å². The Kier molecular flexibility index (Phi) is 5.48. The molecular formula is C31H28BrN5O4.